The predicted molar refractivity (Wildman–Crippen MR) is 88.2 cm³/mol. The minimum absolute atomic E-state index is 0.00343. The highest BCUT2D eigenvalue weighted by molar-refractivity contribution is 7.92. The first-order chi connectivity index (χ1) is 11.8. The summed E-state index contributed by atoms with van der Waals surface area (Å²) in [6, 6.07) is 0. The molecule has 0 aromatic carbocycles. The summed E-state index contributed by atoms with van der Waals surface area (Å²) in [5.74, 6) is -2.26. The third-order valence-corrected chi connectivity index (χ3v) is 6.75. The molecule has 26 heavy (non-hydrogen) atoms. The van der Waals surface area contributed by atoms with Crippen molar-refractivity contribution in [3.8, 4) is 0 Å². The van der Waals surface area contributed by atoms with Gasteiger partial charge in [-0.05, 0) is 12.3 Å². The highest BCUT2D eigenvalue weighted by Gasteiger charge is 2.50. The first-order valence-electron chi connectivity index (χ1n) is 8.25. The largest absolute Gasteiger partial charge is 0.490 e. The molecular formula is C15H25F3N2O5S. The van der Waals surface area contributed by atoms with Gasteiger partial charge in [-0.25, -0.2) is 13.2 Å². The van der Waals surface area contributed by atoms with Crippen LogP contribution in [0.15, 0.2) is 0 Å². The lowest BCUT2D eigenvalue weighted by atomic mass is 9.87. The minimum Gasteiger partial charge on any atom is -0.475 e. The molecule has 2 rings (SSSR count). The number of carboxylic acid groups (broad SMARTS) is 1. The molecule has 1 amide bonds. The number of aliphatic carboxylic acids is 1. The van der Waals surface area contributed by atoms with E-state index in [1.807, 2.05) is 0 Å². The van der Waals surface area contributed by atoms with E-state index in [1.165, 1.54) is 0 Å². The van der Waals surface area contributed by atoms with Gasteiger partial charge in [-0.1, -0.05) is 13.8 Å². The number of halogens is 3. The number of rotatable bonds is 3. The second-order valence-electron chi connectivity index (χ2n) is 6.99. The van der Waals surface area contributed by atoms with E-state index in [2.05, 4.69) is 24.1 Å². The van der Waals surface area contributed by atoms with Crippen molar-refractivity contribution in [1.29, 1.82) is 0 Å². The fourth-order valence-electron chi connectivity index (χ4n) is 3.48. The van der Waals surface area contributed by atoms with Crippen molar-refractivity contribution in [3.63, 3.8) is 0 Å². The Bertz CT molecular complexity index is 621. The Kier molecular flexibility index (Phi) is 7.46. The van der Waals surface area contributed by atoms with E-state index >= 15 is 0 Å². The van der Waals surface area contributed by atoms with Crippen LogP contribution in [0.4, 0.5) is 13.2 Å². The number of nitrogens with zero attached hydrogens (tertiary/aromatic N) is 1. The van der Waals surface area contributed by atoms with E-state index in [9.17, 15) is 26.4 Å². The van der Waals surface area contributed by atoms with Gasteiger partial charge in [0.2, 0.25) is 5.91 Å². The number of carbonyl (C=O) groups excluding carboxylic acids is 1. The molecule has 2 aliphatic rings. The third-order valence-electron chi connectivity index (χ3n) is 4.53. The second-order valence-corrected chi connectivity index (χ2v) is 9.33. The van der Waals surface area contributed by atoms with Gasteiger partial charge in [0.05, 0.1) is 11.0 Å². The molecule has 11 heteroatoms. The van der Waals surface area contributed by atoms with Crippen LogP contribution in [0.1, 0.15) is 20.3 Å². The lowest BCUT2D eigenvalue weighted by Gasteiger charge is -2.31. The van der Waals surface area contributed by atoms with Gasteiger partial charge in [-0.15, -0.1) is 0 Å². The highest BCUT2D eigenvalue weighted by atomic mass is 32.2. The standard InChI is InChI=1S/C13H24N2O3S.C2HF3O2/c1-9(2)6-15-7-11-10(13(16)14-3)4-5-19(17,18)12(11)8-15;3-2(4,5)1(6)7/h9-12H,4-8H2,1-3H3,(H,14,16);(H,6,7)/t10-,11+,12+;/m0./s1. The Morgan fingerprint density at radius 3 is 2.23 bits per heavy atom. The fraction of sp³-hybridized carbons (Fsp3) is 0.867. The van der Waals surface area contributed by atoms with Gasteiger partial charge in [0.15, 0.2) is 9.84 Å². The van der Waals surface area contributed by atoms with Gasteiger partial charge >= 0.3 is 12.1 Å². The van der Waals surface area contributed by atoms with Crippen LogP contribution in [0.5, 0.6) is 0 Å². The van der Waals surface area contributed by atoms with Crippen molar-refractivity contribution in [2.45, 2.75) is 31.7 Å². The zero-order valence-corrected chi connectivity index (χ0v) is 15.7. The van der Waals surface area contributed by atoms with Crippen molar-refractivity contribution >= 4 is 21.7 Å². The summed E-state index contributed by atoms with van der Waals surface area (Å²) in [6.45, 7) is 6.50. The van der Waals surface area contributed by atoms with Gasteiger partial charge in [0, 0.05) is 38.5 Å². The van der Waals surface area contributed by atoms with Crippen LogP contribution in [-0.4, -0.2) is 74.2 Å². The number of hydrogen-bond acceptors (Lipinski definition) is 5. The van der Waals surface area contributed by atoms with Crippen LogP contribution in [-0.2, 0) is 19.4 Å². The van der Waals surface area contributed by atoms with Gasteiger partial charge in [-0.2, -0.15) is 13.2 Å². The van der Waals surface area contributed by atoms with E-state index in [4.69, 9.17) is 9.90 Å². The lowest BCUT2D eigenvalue weighted by molar-refractivity contribution is -0.192. The number of nitrogens with one attached hydrogen (secondary N) is 1. The molecule has 0 unspecified atom stereocenters. The topological polar surface area (TPSA) is 104 Å². The van der Waals surface area contributed by atoms with E-state index in [0.29, 0.717) is 18.9 Å². The average molecular weight is 402 g/mol. The SMILES string of the molecule is CNC(=O)[C@H]1CCS(=O)(=O)[C@@H]2CN(CC(C)C)C[C@H]12.O=C(O)C(F)(F)F. The maximum Gasteiger partial charge on any atom is 0.490 e. The Morgan fingerprint density at radius 1 is 1.27 bits per heavy atom. The van der Waals surface area contributed by atoms with Crippen molar-refractivity contribution in [1.82, 2.24) is 10.2 Å². The fourth-order valence-corrected chi connectivity index (χ4v) is 5.61. The molecule has 0 aromatic heterocycles. The molecule has 2 N–H and O–H groups in total. The van der Waals surface area contributed by atoms with Gasteiger partial charge < -0.3 is 15.3 Å². The smallest absolute Gasteiger partial charge is 0.475 e. The van der Waals surface area contributed by atoms with Gasteiger partial charge in [-0.3, -0.25) is 4.79 Å². The zero-order valence-electron chi connectivity index (χ0n) is 14.9. The number of fused-ring (bicyclic) bond motifs is 1. The number of carboxylic acids is 1. The Balaban J connectivity index is 0.000000412. The van der Waals surface area contributed by atoms with Gasteiger partial charge in [0.1, 0.15) is 0 Å². The number of sulfone groups is 1. The monoisotopic (exact) mass is 402 g/mol. The van der Waals surface area contributed by atoms with Crippen LogP contribution >= 0.6 is 0 Å². The Morgan fingerprint density at radius 2 is 1.81 bits per heavy atom. The summed E-state index contributed by atoms with van der Waals surface area (Å²) < 4.78 is 56.1. The van der Waals surface area contributed by atoms with Crippen LogP contribution in [0.3, 0.4) is 0 Å². The second kappa shape index (κ2) is 8.55. The van der Waals surface area contributed by atoms with Crippen LogP contribution in [0.2, 0.25) is 0 Å². The molecule has 2 saturated heterocycles. The maximum atomic E-state index is 12.2. The zero-order chi connectivity index (χ0) is 20.3. The number of amides is 1. The molecule has 0 aromatic rings. The van der Waals surface area contributed by atoms with E-state index < -0.39 is 22.0 Å². The number of carbonyl (C=O) groups is 2. The molecule has 3 atom stereocenters. The number of hydrogen-bond donors (Lipinski definition) is 2. The molecule has 2 aliphatic heterocycles. The molecule has 0 aliphatic carbocycles. The normalized spacial score (nSPS) is 28.0. The molecule has 2 heterocycles. The molecule has 0 spiro atoms. The summed E-state index contributed by atoms with van der Waals surface area (Å²) >= 11 is 0. The predicted octanol–water partition coefficient (Wildman–Crippen LogP) is 0.757. The lowest BCUT2D eigenvalue weighted by Crippen LogP contribution is -2.46. The van der Waals surface area contributed by atoms with Crippen LogP contribution in [0, 0.1) is 17.8 Å². The molecule has 152 valence electrons. The van der Waals surface area contributed by atoms with Crippen LogP contribution < -0.4 is 5.32 Å². The van der Waals surface area contributed by atoms with E-state index in [-0.39, 0.29) is 28.7 Å². The van der Waals surface area contributed by atoms with E-state index in [1.54, 1.807) is 7.05 Å². The summed E-state index contributed by atoms with van der Waals surface area (Å²) in [6.07, 6.45) is -4.61. The number of likely N-dealkylation sites (tertiary alicyclic amines) is 1. The average Bonchev–Trinajstić information content (AvgIpc) is 2.90. The summed E-state index contributed by atoms with van der Waals surface area (Å²) in [7, 11) is -1.40. The molecule has 0 radical (unpaired) electrons. The molecule has 2 fully saturated rings. The molecular weight excluding hydrogens is 377 g/mol. The third kappa shape index (κ3) is 5.83. The van der Waals surface area contributed by atoms with Crippen molar-refractivity contribution in [2.24, 2.45) is 17.8 Å². The first kappa shape index (κ1) is 22.7. The number of alkyl halides is 3. The van der Waals surface area contributed by atoms with Crippen LogP contribution in [0.25, 0.3) is 0 Å². The molecule has 0 saturated carbocycles. The van der Waals surface area contributed by atoms with Crippen molar-refractivity contribution in [2.75, 3.05) is 32.4 Å². The minimum atomic E-state index is -5.08. The Hall–Kier alpha value is -1.36. The summed E-state index contributed by atoms with van der Waals surface area (Å²) in [4.78, 5) is 23.0. The summed E-state index contributed by atoms with van der Waals surface area (Å²) in [5.41, 5.74) is 0. The van der Waals surface area contributed by atoms with Crippen molar-refractivity contribution < 1.29 is 36.3 Å². The highest BCUT2D eigenvalue weighted by Crippen LogP contribution is 2.37. The quantitative estimate of drug-likeness (QED) is 0.722. The van der Waals surface area contributed by atoms with E-state index in [0.717, 1.165) is 13.1 Å². The Labute approximate surface area is 150 Å². The summed E-state index contributed by atoms with van der Waals surface area (Å²) in [5, 5.41) is 9.46. The first-order valence-corrected chi connectivity index (χ1v) is 9.96. The molecule has 7 nitrogen and oxygen atoms in total. The molecule has 0 bridgehead atoms. The maximum absolute atomic E-state index is 12.2. The van der Waals surface area contributed by atoms with Gasteiger partial charge in [0.25, 0.3) is 0 Å². The van der Waals surface area contributed by atoms with Crippen molar-refractivity contribution in [3.05, 3.63) is 0 Å².